The molecule has 1 aromatic heterocycles. The largest absolute Gasteiger partial charge is 0.481 e. The lowest BCUT2D eigenvalue weighted by atomic mass is 10.1. The topological polar surface area (TPSA) is 51.2 Å². The number of nitrogens with zero attached hydrogens (tertiary/aromatic N) is 1. The lowest BCUT2D eigenvalue weighted by molar-refractivity contribution is -0.122. The molecule has 0 spiro atoms. The van der Waals surface area contributed by atoms with Crippen LogP contribution >= 0.6 is 11.3 Å². The molecular weight excluding hydrogens is 320 g/mol. The van der Waals surface area contributed by atoms with E-state index >= 15 is 0 Å². The molecule has 0 bridgehead atoms. The second-order valence-electron chi connectivity index (χ2n) is 5.42. The van der Waals surface area contributed by atoms with E-state index in [1.165, 1.54) is 11.3 Å². The van der Waals surface area contributed by atoms with Crippen molar-refractivity contribution in [1.29, 1.82) is 0 Å². The number of carbonyl (C=O) groups is 1. The second kappa shape index (κ2) is 7.27. The number of aryl methyl sites for hydroxylation is 1. The van der Waals surface area contributed by atoms with Gasteiger partial charge >= 0.3 is 0 Å². The molecule has 5 heteroatoms. The van der Waals surface area contributed by atoms with E-state index in [2.05, 4.69) is 22.4 Å². The zero-order valence-corrected chi connectivity index (χ0v) is 14.3. The zero-order valence-electron chi connectivity index (χ0n) is 13.5. The Morgan fingerprint density at radius 3 is 2.38 bits per heavy atom. The molecule has 3 rings (SSSR count). The molecule has 1 unspecified atom stereocenters. The minimum Gasteiger partial charge on any atom is -0.481 e. The summed E-state index contributed by atoms with van der Waals surface area (Å²) in [6.07, 6.45) is 1.13. The van der Waals surface area contributed by atoms with Gasteiger partial charge in [0, 0.05) is 11.1 Å². The lowest BCUT2D eigenvalue weighted by Gasteiger charge is -2.14. The Balaban J connectivity index is 1.62. The van der Waals surface area contributed by atoms with Gasteiger partial charge in [0.15, 0.2) is 11.2 Å². The maximum absolute atomic E-state index is 12.1. The number of amides is 1. The lowest BCUT2D eigenvalue weighted by Crippen LogP contribution is -2.30. The highest BCUT2D eigenvalue weighted by Crippen LogP contribution is 2.23. The molecule has 122 valence electrons. The van der Waals surface area contributed by atoms with Gasteiger partial charge in [-0.2, -0.15) is 0 Å². The van der Waals surface area contributed by atoms with E-state index < -0.39 is 6.10 Å². The summed E-state index contributed by atoms with van der Waals surface area (Å²) in [5.74, 6) is 0.448. The van der Waals surface area contributed by atoms with E-state index in [9.17, 15) is 4.79 Å². The molecule has 24 heavy (non-hydrogen) atoms. The number of ether oxygens (including phenoxy) is 1. The third kappa shape index (κ3) is 4.00. The molecule has 0 saturated heterocycles. The molecule has 0 aliphatic heterocycles. The van der Waals surface area contributed by atoms with Crippen LogP contribution in [0.3, 0.4) is 0 Å². The van der Waals surface area contributed by atoms with Gasteiger partial charge in [0.1, 0.15) is 5.75 Å². The first-order valence-electron chi connectivity index (χ1n) is 7.67. The minimum atomic E-state index is -0.600. The predicted octanol–water partition coefficient (Wildman–Crippen LogP) is 4.52. The Bertz CT molecular complexity index is 813. The van der Waals surface area contributed by atoms with E-state index in [-0.39, 0.29) is 5.91 Å². The summed E-state index contributed by atoms with van der Waals surface area (Å²) in [7, 11) is 0. The summed E-state index contributed by atoms with van der Waals surface area (Å²) in [4.78, 5) is 17.3. The molecule has 0 aliphatic rings. The Morgan fingerprint density at radius 2 is 1.75 bits per heavy atom. The Labute approximate surface area is 145 Å². The predicted molar refractivity (Wildman–Crippen MR) is 97.4 cm³/mol. The van der Waals surface area contributed by atoms with Crippen LogP contribution in [0.5, 0.6) is 5.75 Å². The SMILES string of the molecule is Cc1cnc(NC(=O)C(C)Oc2ccc(-c3ccccc3)cc2)s1. The molecule has 4 nitrogen and oxygen atoms in total. The molecule has 0 aliphatic carbocycles. The fraction of sp³-hybridized carbons (Fsp3) is 0.158. The van der Waals surface area contributed by atoms with Gasteiger partial charge in [-0.1, -0.05) is 42.5 Å². The van der Waals surface area contributed by atoms with Crippen LogP contribution in [-0.2, 0) is 4.79 Å². The van der Waals surface area contributed by atoms with Crippen molar-refractivity contribution < 1.29 is 9.53 Å². The molecule has 1 atom stereocenters. The van der Waals surface area contributed by atoms with E-state index in [4.69, 9.17) is 4.74 Å². The minimum absolute atomic E-state index is 0.212. The van der Waals surface area contributed by atoms with Gasteiger partial charge in [-0.25, -0.2) is 4.98 Å². The van der Waals surface area contributed by atoms with Gasteiger partial charge in [-0.3, -0.25) is 10.1 Å². The third-order valence-electron chi connectivity index (χ3n) is 3.49. The molecule has 1 heterocycles. The van der Waals surface area contributed by atoms with Gasteiger partial charge < -0.3 is 4.74 Å². The number of nitrogens with one attached hydrogen (secondary N) is 1. The number of rotatable bonds is 5. The van der Waals surface area contributed by atoms with Crippen LogP contribution in [0, 0.1) is 6.92 Å². The summed E-state index contributed by atoms with van der Waals surface area (Å²) in [6, 6.07) is 17.8. The average Bonchev–Trinajstić information content (AvgIpc) is 3.01. The maximum Gasteiger partial charge on any atom is 0.266 e. The number of aromatic nitrogens is 1. The van der Waals surface area contributed by atoms with Crippen molar-refractivity contribution in [2.45, 2.75) is 20.0 Å². The Morgan fingerprint density at radius 1 is 1.08 bits per heavy atom. The van der Waals surface area contributed by atoms with Crippen molar-refractivity contribution in [2.75, 3.05) is 5.32 Å². The summed E-state index contributed by atoms with van der Waals surface area (Å²) in [5.41, 5.74) is 2.26. The quantitative estimate of drug-likeness (QED) is 0.744. The molecule has 3 aromatic rings. The van der Waals surface area contributed by atoms with Crippen molar-refractivity contribution >= 4 is 22.4 Å². The van der Waals surface area contributed by atoms with Crippen LogP contribution in [0.2, 0.25) is 0 Å². The van der Waals surface area contributed by atoms with Crippen molar-refractivity contribution in [1.82, 2.24) is 4.98 Å². The number of hydrogen-bond donors (Lipinski definition) is 1. The summed E-state index contributed by atoms with van der Waals surface area (Å²) in [6.45, 7) is 3.67. The third-order valence-corrected chi connectivity index (χ3v) is 4.32. The number of carbonyl (C=O) groups excluding carboxylic acids is 1. The van der Waals surface area contributed by atoms with Gasteiger partial charge in [0.25, 0.3) is 5.91 Å². The van der Waals surface area contributed by atoms with Gasteiger partial charge in [0.2, 0.25) is 0 Å². The number of hydrogen-bond acceptors (Lipinski definition) is 4. The maximum atomic E-state index is 12.1. The molecule has 0 saturated carbocycles. The van der Waals surface area contributed by atoms with Gasteiger partial charge in [-0.05, 0) is 37.1 Å². The van der Waals surface area contributed by atoms with Crippen molar-refractivity contribution in [2.24, 2.45) is 0 Å². The average molecular weight is 338 g/mol. The first-order valence-corrected chi connectivity index (χ1v) is 8.49. The first kappa shape index (κ1) is 16.2. The Kier molecular flexibility index (Phi) is 4.91. The van der Waals surface area contributed by atoms with E-state index in [0.717, 1.165) is 16.0 Å². The summed E-state index contributed by atoms with van der Waals surface area (Å²) < 4.78 is 5.71. The first-order chi connectivity index (χ1) is 11.6. The van der Waals surface area contributed by atoms with Gasteiger partial charge in [0.05, 0.1) is 0 Å². The van der Waals surface area contributed by atoms with E-state index in [1.54, 1.807) is 13.1 Å². The molecule has 2 aromatic carbocycles. The molecule has 0 fully saturated rings. The van der Waals surface area contributed by atoms with Crippen LogP contribution < -0.4 is 10.1 Å². The monoisotopic (exact) mass is 338 g/mol. The zero-order chi connectivity index (χ0) is 16.9. The van der Waals surface area contributed by atoms with Crippen molar-refractivity contribution in [3.05, 3.63) is 65.7 Å². The van der Waals surface area contributed by atoms with E-state index in [1.807, 2.05) is 49.4 Å². The normalized spacial score (nSPS) is 11.8. The highest BCUT2D eigenvalue weighted by Gasteiger charge is 2.16. The highest BCUT2D eigenvalue weighted by atomic mass is 32.1. The van der Waals surface area contributed by atoms with Crippen LogP contribution in [0.1, 0.15) is 11.8 Å². The summed E-state index contributed by atoms with van der Waals surface area (Å²) in [5, 5.41) is 3.35. The Hall–Kier alpha value is -2.66. The van der Waals surface area contributed by atoms with E-state index in [0.29, 0.717) is 10.9 Å². The molecule has 0 radical (unpaired) electrons. The molecule has 1 amide bonds. The van der Waals surface area contributed by atoms with Gasteiger partial charge in [-0.15, -0.1) is 11.3 Å². The summed E-state index contributed by atoms with van der Waals surface area (Å²) >= 11 is 1.44. The van der Waals surface area contributed by atoms with Crippen LogP contribution in [0.25, 0.3) is 11.1 Å². The fourth-order valence-corrected chi connectivity index (χ4v) is 2.90. The number of anilines is 1. The fourth-order valence-electron chi connectivity index (χ4n) is 2.23. The van der Waals surface area contributed by atoms with Crippen LogP contribution in [0.15, 0.2) is 60.8 Å². The smallest absolute Gasteiger partial charge is 0.266 e. The number of benzene rings is 2. The standard InChI is InChI=1S/C19H18N2O2S/c1-13-12-20-19(24-13)21-18(22)14(2)23-17-10-8-16(9-11-17)15-6-4-3-5-7-15/h3-12,14H,1-2H3,(H,20,21,22). The number of thiazole rings is 1. The van der Waals surface area contributed by atoms with Crippen molar-refractivity contribution in [3.8, 4) is 16.9 Å². The molecular formula is C19H18N2O2S. The highest BCUT2D eigenvalue weighted by molar-refractivity contribution is 7.15. The van der Waals surface area contributed by atoms with Crippen molar-refractivity contribution in [3.63, 3.8) is 0 Å². The van der Waals surface area contributed by atoms with Crippen LogP contribution in [0.4, 0.5) is 5.13 Å². The molecule has 1 N–H and O–H groups in total. The van der Waals surface area contributed by atoms with Crippen LogP contribution in [-0.4, -0.2) is 17.0 Å². The second-order valence-corrected chi connectivity index (χ2v) is 6.65.